The SMILES string of the molecule is CS/C=C/C(=O)NCCCCC(=O)O. The van der Waals surface area contributed by atoms with E-state index in [9.17, 15) is 9.59 Å². The predicted octanol–water partition coefficient (Wildman–Crippen LogP) is 1.23. The van der Waals surface area contributed by atoms with Gasteiger partial charge in [0.05, 0.1) is 0 Å². The third kappa shape index (κ3) is 9.12. The maximum atomic E-state index is 11.0. The van der Waals surface area contributed by atoms with Gasteiger partial charge < -0.3 is 10.4 Å². The Morgan fingerprint density at radius 1 is 1.43 bits per heavy atom. The van der Waals surface area contributed by atoms with Crippen LogP contribution < -0.4 is 5.32 Å². The molecule has 0 aliphatic rings. The Morgan fingerprint density at radius 3 is 2.71 bits per heavy atom. The molecule has 4 nitrogen and oxygen atoms in total. The summed E-state index contributed by atoms with van der Waals surface area (Å²) < 4.78 is 0. The molecule has 0 spiro atoms. The molecular weight excluding hydrogens is 202 g/mol. The average molecular weight is 217 g/mol. The Morgan fingerprint density at radius 2 is 2.14 bits per heavy atom. The van der Waals surface area contributed by atoms with Crippen molar-refractivity contribution in [3.05, 3.63) is 11.5 Å². The summed E-state index contributed by atoms with van der Waals surface area (Å²) in [6.07, 6.45) is 4.79. The van der Waals surface area contributed by atoms with Crippen molar-refractivity contribution in [3.63, 3.8) is 0 Å². The zero-order valence-electron chi connectivity index (χ0n) is 8.16. The molecule has 0 aromatic rings. The zero-order valence-corrected chi connectivity index (χ0v) is 8.97. The van der Waals surface area contributed by atoms with Gasteiger partial charge in [0, 0.05) is 19.0 Å². The lowest BCUT2D eigenvalue weighted by Gasteiger charge is -2.00. The number of unbranched alkanes of at least 4 members (excludes halogenated alkanes) is 1. The van der Waals surface area contributed by atoms with Crippen LogP contribution in [0.1, 0.15) is 19.3 Å². The molecule has 14 heavy (non-hydrogen) atoms. The fourth-order valence-corrected chi connectivity index (χ4v) is 1.06. The highest BCUT2D eigenvalue weighted by atomic mass is 32.2. The molecule has 5 heteroatoms. The number of carbonyl (C=O) groups excluding carboxylic acids is 1. The van der Waals surface area contributed by atoms with E-state index in [1.807, 2.05) is 6.26 Å². The summed E-state index contributed by atoms with van der Waals surface area (Å²) in [4.78, 5) is 21.1. The third-order valence-corrected chi connectivity index (χ3v) is 1.88. The van der Waals surface area contributed by atoms with Crippen molar-refractivity contribution in [2.75, 3.05) is 12.8 Å². The molecule has 0 aromatic heterocycles. The third-order valence-electron chi connectivity index (χ3n) is 1.47. The van der Waals surface area contributed by atoms with Gasteiger partial charge in [-0.3, -0.25) is 9.59 Å². The summed E-state index contributed by atoms with van der Waals surface area (Å²) in [7, 11) is 0. The maximum Gasteiger partial charge on any atom is 0.303 e. The number of hydrogen-bond acceptors (Lipinski definition) is 3. The van der Waals surface area contributed by atoms with Gasteiger partial charge in [0.25, 0.3) is 0 Å². The normalized spacial score (nSPS) is 10.4. The van der Waals surface area contributed by atoms with Crippen LogP contribution in [0.25, 0.3) is 0 Å². The molecule has 0 saturated carbocycles. The van der Waals surface area contributed by atoms with Crippen molar-refractivity contribution >= 4 is 23.6 Å². The molecule has 0 atom stereocenters. The summed E-state index contributed by atoms with van der Waals surface area (Å²) in [6.45, 7) is 0.533. The van der Waals surface area contributed by atoms with Crippen LogP contribution in [0.2, 0.25) is 0 Å². The first-order valence-electron chi connectivity index (χ1n) is 4.35. The van der Waals surface area contributed by atoms with Gasteiger partial charge in [-0.2, -0.15) is 0 Å². The molecule has 0 fully saturated rings. The first-order valence-corrected chi connectivity index (χ1v) is 5.64. The Labute approximate surface area is 87.8 Å². The van der Waals surface area contributed by atoms with E-state index in [2.05, 4.69) is 5.32 Å². The van der Waals surface area contributed by atoms with Crippen LogP contribution in [-0.4, -0.2) is 29.8 Å². The van der Waals surface area contributed by atoms with Crippen LogP contribution >= 0.6 is 11.8 Å². The van der Waals surface area contributed by atoms with Crippen molar-refractivity contribution in [2.45, 2.75) is 19.3 Å². The van der Waals surface area contributed by atoms with Gasteiger partial charge in [-0.15, -0.1) is 11.8 Å². The van der Waals surface area contributed by atoms with E-state index in [-0.39, 0.29) is 12.3 Å². The number of amides is 1. The van der Waals surface area contributed by atoms with Crippen molar-refractivity contribution in [2.24, 2.45) is 0 Å². The van der Waals surface area contributed by atoms with E-state index >= 15 is 0 Å². The molecule has 0 bridgehead atoms. The standard InChI is InChI=1S/C9H15NO3S/c1-14-7-5-8(11)10-6-3-2-4-9(12)13/h5,7H,2-4,6H2,1H3,(H,10,11)(H,12,13)/b7-5+. The summed E-state index contributed by atoms with van der Waals surface area (Å²) in [5.74, 6) is -0.923. The summed E-state index contributed by atoms with van der Waals surface area (Å²) in [6, 6.07) is 0. The summed E-state index contributed by atoms with van der Waals surface area (Å²) in [5, 5.41) is 12.7. The second-order valence-corrected chi connectivity index (χ2v) is 3.42. The minimum atomic E-state index is -0.793. The average Bonchev–Trinajstić information content (AvgIpc) is 2.13. The molecule has 1 amide bonds. The van der Waals surface area contributed by atoms with E-state index < -0.39 is 5.97 Å². The van der Waals surface area contributed by atoms with Crippen LogP contribution in [0.15, 0.2) is 11.5 Å². The fourth-order valence-electron chi connectivity index (χ4n) is 0.802. The van der Waals surface area contributed by atoms with Gasteiger partial charge >= 0.3 is 5.97 Å². The number of rotatable bonds is 7. The van der Waals surface area contributed by atoms with Gasteiger partial charge in [-0.05, 0) is 24.5 Å². The van der Waals surface area contributed by atoms with E-state index in [0.29, 0.717) is 19.4 Å². The molecule has 0 aromatic carbocycles. The molecule has 0 rings (SSSR count). The Kier molecular flexibility index (Phi) is 8.02. The van der Waals surface area contributed by atoms with Crippen molar-refractivity contribution in [3.8, 4) is 0 Å². The zero-order chi connectivity index (χ0) is 10.8. The van der Waals surface area contributed by atoms with E-state index in [0.717, 1.165) is 0 Å². The molecule has 80 valence electrons. The topological polar surface area (TPSA) is 66.4 Å². The molecule has 0 unspecified atom stereocenters. The summed E-state index contributed by atoms with van der Waals surface area (Å²) >= 11 is 1.46. The first kappa shape index (κ1) is 13.0. The minimum Gasteiger partial charge on any atom is -0.481 e. The van der Waals surface area contributed by atoms with Crippen LogP contribution in [-0.2, 0) is 9.59 Å². The number of carbonyl (C=O) groups is 2. The van der Waals surface area contributed by atoms with E-state index in [1.165, 1.54) is 17.8 Å². The lowest BCUT2D eigenvalue weighted by atomic mass is 10.2. The minimum absolute atomic E-state index is 0.130. The molecule has 0 heterocycles. The summed E-state index contributed by atoms with van der Waals surface area (Å²) in [5.41, 5.74) is 0. The van der Waals surface area contributed by atoms with E-state index in [1.54, 1.807) is 5.41 Å². The predicted molar refractivity (Wildman–Crippen MR) is 57.2 cm³/mol. The molecule has 0 aliphatic carbocycles. The monoisotopic (exact) mass is 217 g/mol. The highest BCUT2D eigenvalue weighted by Gasteiger charge is 1.97. The highest BCUT2D eigenvalue weighted by Crippen LogP contribution is 1.94. The number of nitrogens with one attached hydrogen (secondary N) is 1. The smallest absolute Gasteiger partial charge is 0.303 e. The molecule has 0 radical (unpaired) electrons. The Bertz CT molecular complexity index is 216. The van der Waals surface area contributed by atoms with Gasteiger partial charge in [0.15, 0.2) is 0 Å². The quantitative estimate of drug-likeness (QED) is 0.497. The molecule has 0 aliphatic heterocycles. The van der Waals surface area contributed by atoms with Crippen LogP contribution in [0, 0.1) is 0 Å². The number of carboxylic acid groups (broad SMARTS) is 1. The molecular formula is C9H15NO3S. The molecule has 2 N–H and O–H groups in total. The Balaban J connectivity index is 3.31. The Hall–Kier alpha value is -0.970. The molecule has 0 saturated heterocycles. The lowest BCUT2D eigenvalue weighted by molar-refractivity contribution is -0.137. The second-order valence-electron chi connectivity index (χ2n) is 2.68. The largest absolute Gasteiger partial charge is 0.481 e. The fraction of sp³-hybridized carbons (Fsp3) is 0.556. The van der Waals surface area contributed by atoms with Crippen molar-refractivity contribution in [1.82, 2.24) is 5.32 Å². The second kappa shape index (κ2) is 8.62. The number of aliphatic carboxylic acids is 1. The first-order chi connectivity index (χ1) is 6.66. The maximum absolute atomic E-state index is 11.0. The van der Waals surface area contributed by atoms with Crippen LogP contribution in [0.5, 0.6) is 0 Å². The lowest BCUT2D eigenvalue weighted by Crippen LogP contribution is -2.22. The van der Waals surface area contributed by atoms with Gasteiger partial charge in [-0.1, -0.05) is 0 Å². The van der Waals surface area contributed by atoms with Crippen molar-refractivity contribution < 1.29 is 14.7 Å². The van der Waals surface area contributed by atoms with Gasteiger partial charge in [-0.25, -0.2) is 0 Å². The highest BCUT2D eigenvalue weighted by molar-refractivity contribution is 8.01. The van der Waals surface area contributed by atoms with Crippen molar-refractivity contribution in [1.29, 1.82) is 0 Å². The van der Waals surface area contributed by atoms with Crippen LogP contribution in [0.3, 0.4) is 0 Å². The van der Waals surface area contributed by atoms with Gasteiger partial charge in [0.1, 0.15) is 0 Å². The number of carboxylic acids is 1. The van der Waals surface area contributed by atoms with Crippen LogP contribution in [0.4, 0.5) is 0 Å². The van der Waals surface area contributed by atoms with Gasteiger partial charge in [0.2, 0.25) is 5.91 Å². The van der Waals surface area contributed by atoms with E-state index in [4.69, 9.17) is 5.11 Å². The number of thioether (sulfide) groups is 1. The number of hydrogen-bond donors (Lipinski definition) is 2.